The Labute approximate surface area is 169 Å². The Kier molecular flexibility index (Phi) is 6.20. The van der Waals surface area contributed by atoms with Gasteiger partial charge in [0.25, 0.3) is 5.91 Å². The molecule has 0 saturated carbocycles. The Hall–Kier alpha value is -3.00. The molecule has 3 aromatic rings. The van der Waals surface area contributed by atoms with Crippen LogP contribution in [0.15, 0.2) is 57.5 Å². The molecule has 0 unspecified atom stereocenters. The van der Waals surface area contributed by atoms with E-state index in [4.69, 9.17) is 4.52 Å². The van der Waals surface area contributed by atoms with Crippen molar-refractivity contribution in [2.75, 3.05) is 11.9 Å². The number of nitrogens with zero attached hydrogens (tertiary/aromatic N) is 1. The van der Waals surface area contributed by atoms with Gasteiger partial charge in [-0.15, -0.1) is 0 Å². The van der Waals surface area contributed by atoms with Crippen LogP contribution in [0.2, 0.25) is 0 Å². The standard InChI is InChI=1S/C20H17BrFN3O3/c1-12-6-7-13(21)10-16(12)24-19(26)8-9-23-20(27)17-11-18(28-25-17)14-4-2-3-5-15(14)22/h2-7,10-11H,8-9H2,1H3,(H,23,27)(H,24,26). The molecule has 6 nitrogen and oxygen atoms in total. The van der Waals surface area contributed by atoms with E-state index < -0.39 is 11.7 Å². The molecule has 0 fully saturated rings. The van der Waals surface area contributed by atoms with Crippen LogP contribution in [-0.4, -0.2) is 23.5 Å². The number of hydrogen-bond acceptors (Lipinski definition) is 4. The molecule has 8 heteroatoms. The van der Waals surface area contributed by atoms with E-state index in [-0.39, 0.29) is 35.9 Å². The lowest BCUT2D eigenvalue weighted by Crippen LogP contribution is -2.28. The fraction of sp³-hybridized carbons (Fsp3) is 0.150. The second kappa shape index (κ2) is 8.79. The van der Waals surface area contributed by atoms with Gasteiger partial charge < -0.3 is 15.2 Å². The van der Waals surface area contributed by atoms with E-state index in [2.05, 4.69) is 31.7 Å². The van der Waals surface area contributed by atoms with Gasteiger partial charge in [0, 0.05) is 29.2 Å². The molecule has 3 rings (SSSR count). The zero-order valence-corrected chi connectivity index (χ0v) is 16.5. The highest BCUT2D eigenvalue weighted by molar-refractivity contribution is 9.10. The summed E-state index contributed by atoms with van der Waals surface area (Å²) >= 11 is 3.36. The molecular weight excluding hydrogens is 429 g/mol. The number of anilines is 1. The van der Waals surface area contributed by atoms with Crippen molar-refractivity contribution in [3.8, 4) is 11.3 Å². The van der Waals surface area contributed by atoms with Crippen molar-refractivity contribution in [1.82, 2.24) is 10.5 Å². The first kappa shape index (κ1) is 19.8. The van der Waals surface area contributed by atoms with Crippen LogP contribution in [0.1, 0.15) is 22.5 Å². The van der Waals surface area contributed by atoms with Crippen molar-refractivity contribution in [3.05, 3.63) is 70.1 Å². The first-order chi connectivity index (χ1) is 13.4. The summed E-state index contributed by atoms with van der Waals surface area (Å²) in [5, 5.41) is 9.06. The van der Waals surface area contributed by atoms with E-state index in [0.29, 0.717) is 5.69 Å². The predicted octanol–water partition coefficient (Wildman–Crippen LogP) is 4.31. The van der Waals surface area contributed by atoms with Crippen LogP contribution in [0.3, 0.4) is 0 Å². The molecule has 0 radical (unpaired) electrons. The van der Waals surface area contributed by atoms with Gasteiger partial charge in [-0.1, -0.05) is 39.3 Å². The van der Waals surface area contributed by atoms with Crippen LogP contribution in [0.4, 0.5) is 10.1 Å². The summed E-state index contributed by atoms with van der Waals surface area (Å²) in [6.45, 7) is 2.02. The second-order valence-corrected chi connectivity index (χ2v) is 6.99. The molecule has 0 aliphatic rings. The summed E-state index contributed by atoms with van der Waals surface area (Å²) in [6.07, 6.45) is 0.0930. The topological polar surface area (TPSA) is 84.2 Å². The van der Waals surface area contributed by atoms with Crippen LogP contribution in [0, 0.1) is 12.7 Å². The van der Waals surface area contributed by atoms with E-state index in [1.54, 1.807) is 12.1 Å². The molecule has 0 aliphatic heterocycles. The molecule has 2 N–H and O–H groups in total. The zero-order chi connectivity index (χ0) is 20.1. The first-order valence-corrected chi connectivity index (χ1v) is 9.29. The third kappa shape index (κ3) is 4.83. The van der Waals surface area contributed by atoms with Crippen LogP contribution >= 0.6 is 15.9 Å². The predicted molar refractivity (Wildman–Crippen MR) is 106 cm³/mol. The number of benzene rings is 2. The third-order valence-electron chi connectivity index (χ3n) is 3.99. The molecule has 2 amide bonds. The van der Waals surface area contributed by atoms with Gasteiger partial charge in [-0.3, -0.25) is 9.59 Å². The van der Waals surface area contributed by atoms with Gasteiger partial charge in [0.05, 0.1) is 5.56 Å². The monoisotopic (exact) mass is 445 g/mol. The van der Waals surface area contributed by atoms with E-state index in [1.165, 1.54) is 18.2 Å². The largest absolute Gasteiger partial charge is 0.355 e. The van der Waals surface area contributed by atoms with Crippen molar-refractivity contribution in [2.45, 2.75) is 13.3 Å². The Morgan fingerprint density at radius 2 is 1.96 bits per heavy atom. The minimum atomic E-state index is -0.502. The fourth-order valence-corrected chi connectivity index (χ4v) is 2.85. The fourth-order valence-electron chi connectivity index (χ4n) is 2.49. The molecule has 0 bridgehead atoms. The Morgan fingerprint density at radius 1 is 1.18 bits per heavy atom. The van der Waals surface area contributed by atoms with E-state index in [1.807, 2.05) is 25.1 Å². The number of amides is 2. The van der Waals surface area contributed by atoms with Gasteiger partial charge in [-0.25, -0.2) is 4.39 Å². The maximum absolute atomic E-state index is 13.8. The highest BCUT2D eigenvalue weighted by Gasteiger charge is 2.16. The summed E-state index contributed by atoms with van der Waals surface area (Å²) in [5.74, 6) is -1.04. The van der Waals surface area contributed by atoms with Crippen LogP contribution in [0.5, 0.6) is 0 Å². The number of hydrogen-bond donors (Lipinski definition) is 2. The Bertz CT molecular complexity index is 1020. The summed E-state index contributed by atoms with van der Waals surface area (Å²) in [5.41, 5.74) is 1.87. The van der Waals surface area contributed by atoms with Gasteiger partial charge in [-0.2, -0.15) is 0 Å². The molecule has 0 atom stereocenters. The van der Waals surface area contributed by atoms with Crippen molar-refractivity contribution in [3.63, 3.8) is 0 Å². The maximum Gasteiger partial charge on any atom is 0.273 e. The smallest absolute Gasteiger partial charge is 0.273 e. The van der Waals surface area contributed by atoms with Crippen LogP contribution < -0.4 is 10.6 Å². The maximum atomic E-state index is 13.8. The molecule has 1 aromatic heterocycles. The van der Waals surface area contributed by atoms with Gasteiger partial charge in [0.15, 0.2) is 11.5 Å². The van der Waals surface area contributed by atoms with Crippen molar-refractivity contribution in [1.29, 1.82) is 0 Å². The normalized spacial score (nSPS) is 10.5. The van der Waals surface area contributed by atoms with E-state index in [9.17, 15) is 14.0 Å². The molecular formula is C20H17BrFN3O3. The Balaban J connectivity index is 1.53. The van der Waals surface area contributed by atoms with Crippen LogP contribution in [0.25, 0.3) is 11.3 Å². The molecule has 0 aliphatic carbocycles. The van der Waals surface area contributed by atoms with Gasteiger partial charge in [-0.05, 0) is 36.8 Å². The average molecular weight is 446 g/mol. The highest BCUT2D eigenvalue weighted by atomic mass is 79.9. The van der Waals surface area contributed by atoms with E-state index >= 15 is 0 Å². The molecule has 1 heterocycles. The van der Waals surface area contributed by atoms with Gasteiger partial charge >= 0.3 is 0 Å². The van der Waals surface area contributed by atoms with Crippen molar-refractivity contribution >= 4 is 33.4 Å². The first-order valence-electron chi connectivity index (χ1n) is 8.50. The van der Waals surface area contributed by atoms with Crippen molar-refractivity contribution < 1.29 is 18.5 Å². The highest BCUT2D eigenvalue weighted by Crippen LogP contribution is 2.23. The molecule has 0 spiro atoms. The SMILES string of the molecule is Cc1ccc(Br)cc1NC(=O)CCNC(=O)c1cc(-c2ccccc2F)on1. The molecule has 2 aromatic carbocycles. The summed E-state index contributed by atoms with van der Waals surface area (Å²) in [4.78, 5) is 24.2. The van der Waals surface area contributed by atoms with Gasteiger partial charge in [0.2, 0.25) is 5.91 Å². The third-order valence-corrected chi connectivity index (χ3v) is 4.49. The van der Waals surface area contributed by atoms with Crippen LogP contribution in [-0.2, 0) is 4.79 Å². The second-order valence-electron chi connectivity index (χ2n) is 6.07. The summed E-state index contributed by atoms with van der Waals surface area (Å²) in [6, 6.07) is 13.0. The number of nitrogens with one attached hydrogen (secondary N) is 2. The van der Waals surface area contributed by atoms with Crippen molar-refractivity contribution in [2.24, 2.45) is 0 Å². The zero-order valence-electron chi connectivity index (χ0n) is 15.0. The number of rotatable bonds is 6. The lowest BCUT2D eigenvalue weighted by molar-refractivity contribution is -0.116. The number of carbonyl (C=O) groups excluding carboxylic acids is 2. The average Bonchev–Trinajstić information content (AvgIpc) is 3.15. The Morgan fingerprint density at radius 3 is 2.75 bits per heavy atom. The quantitative estimate of drug-likeness (QED) is 0.591. The molecule has 0 saturated heterocycles. The molecule has 28 heavy (non-hydrogen) atoms. The lowest BCUT2D eigenvalue weighted by atomic mass is 10.1. The number of halogens is 2. The summed E-state index contributed by atoms with van der Waals surface area (Å²) in [7, 11) is 0. The number of carbonyl (C=O) groups is 2. The minimum Gasteiger partial charge on any atom is -0.355 e. The number of aryl methyl sites for hydroxylation is 1. The summed E-state index contributed by atoms with van der Waals surface area (Å²) < 4.78 is 19.7. The molecule has 144 valence electrons. The number of aromatic nitrogens is 1. The minimum absolute atomic E-state index is 0.0153. The lowest BCUT2D eigenvalue weighted by Gasteiger charge is -2.09. The van der Waals surface area contributed by atoms with Gasteiger partial charge in [0.1, 0.15) is 5.82 Å². The van der Waals surface area contributed by atoms with E-state index in [0.717, 1.165) is 10.0 Å².